The Bertz CT molecular complexity index is 967. The van der Waals surface area contributed by atoms with E-state index in [9.17, 15) is 19.1 Å². The average Bonchev–Trinajstić information content (AvgIpc) is 3.12. The number of amides is 2. The molecule has 2 aromatic carbocycles. The summed E-state index contributed by atoms with van der Waals surface area (Å²) in [7, 11) is 1.32. The highest BCUT2D eigenvalue weighted by molar-refractivity contribution is 5.99. The molecule has 9 heteroatoms. The Hall–Kier alpha value is -3.17. The van der Waals surface area contributed by atoms with Crippen molar-refractivity contribution in [2.24, 2.45) is 0 Å². The third-order valence-corrected chi connectivity index (χ3v) is 5.48. The molecule has 2 amide bonds. The van der Waals surface area contributed by atoms with Gasteiger partial charge in [-0.05, 0) is 48.9 Å². The largest absolute Gasteiger partial charge is 0.487 e. The molecule has 2 aliphatic heterocycles. The summed E-state index contributed by atoms with van der Waals surface area (Å²) in [5.41, 5.74) is 1.89. The van der Waals surface area contributed by atoms with Crippen molar-refractivity contribution in [3.8, 4) is 5.75 Å². The van der Waals surface area contributed by atoms with Crippen LogP contribution in [0.3, 0.4) is 0 Å². The van der Waals surface area contributed by atoms with E-state index < -0.39 is 18.2 Å². The van der Waals surface area contributed by atoms with Gasteiger partial charge in [0.05, 0.1) is 26.2 Å². The Kier molecular flexibility index (Phi) is 6.06. The van der Waals surface area contributed by atoms with Gasteiger partial charge in [-0.3, -0.25) is 4.79 Å². The Morgan fingerprint density at radius 3 is 2.58 bits per heavy atom. The molecule has 1 fully saturated rings. The highest BCUT2D eigenvalue weighted by atomic mass is 19.1. The fourth-order valence-electron chi connectivity index (χ4n) is 4.06. The van der Waals surface area contributed by atoms with E-state index in [1.54, 1.807) is 12.1 Å². The summed E-state index contributed by atoms with van der Waals surface area (Å²) in [6, 6.07) is 10.3. The smallest absolute Gasteiger partial charge is 0.323 e. The van der Waals surface area contributed by atoms with Crippen LogP contribution in [-0.2, 0) is 14.3 Å². The quantitative estimate of drug-likeness (QED) is 0.630. The minimum Gasteiger partial charge on any atom is -0.487 e. The van der Waals surface area contributed by atoms with Crippen LogP contribution >= 0.6 is 0 Å². The first kappa shape index (κ1) is 21.1. The fourth-order valence-corrected chi connectivity index (χ4v) is 4.06. The fraction of sp³-hybridized carbons (Fsp3) is 0.364. The van der Waals surface area contributed by atoms with Gasteiger partial charge in [-0.1, -0.05) is 0 Å². The van der Waals surface area contributed by atoms with Gasteiger partial charge in [0.25, 0.3) is 0 Å². The van der Waals surface area contributed by atoms with Crippen molar-refractivity contribution < 1.29 is 33.3 Å². The van der Waals surface area contributed by atoms with Gasteiger partial charge in [0.15, 0.2) is 0 Å². The molecule has 8 nitrogen and oxygen atoms in total. The number of nitrogens with one attached hydrogen (secondary N) is 2. The third-order valence-electron chi connectivity index (χ3n) is 5.48. The summed E-state index contributed by atoms with van der Waals surface area (Å²) in [6.45, 7) is -0.238. The topological polar surface area (TPSA) is 106 Å². The van der Waals surface area contributed by atoms with Crippen LogP contribution in [0.5, 0.6) is 5.75 Å². The number of carbonyl (C=O) groups excluding carboxylic acids is 2. The summed E-state index contributed by atoms with van der Waals surface area (Å²) in [4.78, 5) is 24.0. The zero-order chi connectivity index (χ0) is 22.0. The number of anilines is 2. The van der Waals surface area contributed by atoms with Gasteiger partial charge in [-0.15, -0.1) is 0 Å². The predicted molar refractivity (Wildman–Crippen MR) is 110 cm³/mol. The standard InChI is InChI=1S/C22H23FN2O6/c1-29-20(27)10-15-9-17-16-8-14(6-7-18(16)31-21(17)19(11-26)30-15)25-22(28)24-13-4-2-12(23)3-5-13/h2-8,15,17,19,21,26H,9-11H2,1H3,(H2,24,25,28)/t15-,17+,19+,21-/m1/s1. The second kappa shape index (κ2) is 8.91. The van der Waals surface area contributed by atoms with Crippen LogP contribution in [0.15, 0.2) is 42.5 Å². The maximum atomic E-state index is 13.0. The van der Waals surface area contributed by atoms with E-state index in [1.165, 1.54) is 31.4 Å². The number of fused-ring (bicyclic) bond motifs is 3. The molecule has 2 heterocycles. The van der Waals surface area contributed by atoms with Crippen molar-refractivity contribution in [1.29, 1.82) is 0 Å². The van der Waals surface area contributed by atoms with Gasteiger partial charge >= 0.3 is 12.0 Å². The predicted octanol–water partition coefficient (Wildman–Crippen LogP) is 3.03. The van der Waals surface area contributed by atoms with E-state index in [-0.39, 0.29) is 36.8 Å². The van der Waals surface area contributed by atoms with E-state index in [4.69, 9.17) is 14.2 Å². The van der Waals surface area contributed by atoms with Gasteiger partial charge in [-0.2, -0.15) is 0 Å². The molecule has 0 unspecified atom stereocenters. The third kappa shape index (κ3) is 4.62. The van der Waals surface area contributed by atoms with Gasteiger partial charge in [0.2, 0.25) is 0 Å². The molecule has 2 aliphatic rings. The van der Waals surface area contributed by atoms with Crippen LogP contribution < -0.4 is 15.4 Å². The lowest BCUT2D eigenvalue weighted by molar-refractivity contribution is -0.156. The second-order valence-corrected chi connectivity index (χ2v) is 7.52. The number of methoxy groups -OCH3 is 1. The Morgan fingerprint density at radius 1 is 1.16 bits per heavy atom. The van der Waals surface area contributed by atoms with Crippen LogP contribution in [0.2, 0.25) is 0 Å². The molecular weight excluding hydrogens is 407 g/mol. The zero-order valence-corrected chi connectivity index (χ0v) is 16.8. The number of benzene rings is 2. The Balaban J connectivity index is 1.48. The molecule has 4 rings (SSSR count). The monoisotopic (exact) mass is 430 g/mol. The number of aliphatic hydroxyl groups excluding tert-OH is 1. The lowest BCUT2D eigenvalue weighted by Gasteiger charge is -2.36. The first-order valence-electron chi connectivity index (χ1n) is 9.94. The summed E-state index contributed by atoms with van der Waals surface area (Å²) in [5, 5.41) is 15.1. The second-order valence-electron chi connectivity index (χ2n) is 7.52. The lowest BCUT2D eigenvalue weighted by atomic mass is 9.84. The van der Waals surface area contributed by atoms with Crippen molar-refractivity contribution >= 4 is 23.4 Å². The van der Waals surface area contributed by atoms with E-state index >= 15 is 0 Å². The van der Waals surface area contributed by atoms with Crippen molar-refractivity contribution in [2.75, 3.05) is 24.4 Å². The molecule has 0 radical (unpaired) electrons. The van der Waals surface area contributed by atoms with E-state index in [0.717, 1.165) is 5.56 Å². The summed E-state index contributed by atoms with van der Waals surface area (Å²) in [5.74, 6) is -0.216. The molecule has 0 spiro atoms. The summed E-state index contributed by atoms with van der Waals surface area (Å²) >= 11 is 0. The minimum atomic E-state index is -0.570. The van der Waals surface area contributed by atoms with Crippen molar-refractivity contribution in [1.82, 2.24) is 0 Å². The number of carbonyl (C=O) groups is 2. The van der Waals surface area contributed by atoms with Gasteiger partial charge in [0.1, 0.15) is 23.8 Å². The first-order valence-corrected chi connectivity index (χ1v) is 9.94. The molecule has 0 aromatic heterocycles. The molecule has 0 bridgehead atoms. The summed E-state index contributed by atoms with van der Waals surface area (Å²) in [6.07, 6.45) is -0.743. The molecule has 0 aliphatic carbocycles. The normalized spacial score (nSPS) is 23.8. The number of halogens is 1. The molecule has 4 atom stereocenters. The molecule has 1 saturated heterocycles. The number of hydrogen-bond donors (Lipinski definition) is 3. The van der Waals surface area contributed by atoms with Crippen LogP contribution in [-0.4, -0.2) is 49.1 Å². The molecule has 164 valence electrons. The molecular formula is C22H23FN2O6. The molecule has 3 N–H and O–H groups in total. The molecule has 2 aromatic rings. The zero-order valence-electron chi connectivity index (χ0n) is 16.8. The van der Waals surface area contributed by atoms with E-state index in [1.807, 2.05) is 6.07 Å². The minimum absolute atomic E-state index is 0.0869. The van der Waals surface area contributed by atoms with Crippen LogP contribution in [0.1, 0.15) is 24.3 Å². The molecule has 31 heavy (non-hydrogen) atoms. The number of urea groups is 1. The van der Waals surface area contributed by atoms with Gasteiger partial charge in [0, 0.05) is 22.9 Å². The number of ether oxygens (including phenoxy) is 3. The lowest BCUT2D eigenvalue weighted by Crippen LogP contribution is -2.46. The average molecular weight is 430 g/mol. The Labute approximate surface area is 178 Å². The maximum Gasteiger partial charge on any atom is 0.323 e. The highest BCUT2D eigenvalue weighted by Crippen LogP contribution is 2.47. The van der Waals surface area contributed by atoms with Crippen molar-refractivity contribution in [2.45, 2.75) is 37.1 Å². The first-order chi connectivity index (χ1) is 15.0. The van der Waals surface area contributed by atoms with Crippen LogP contribution in [0.25, 0.3) is 0 Å². The maximum absolute atomic E-state index is 13.0. The van der Waals surface area contributed by atoms with E-state index in [0.29, 0.717) is 23.5 Å². The number of hydrogen-bond acceptors (Lipinski definition) is 6. The van der Waals surface area contributed by atoms with Crippen molar-refractivity contribution in [3.05, 3.63) is 53.8 Å². The Morgan fingerprint density at radius 2 is 1.87 bits per heavy atom. The SMILES string of the molecule is COC(=O)C[C@H]1C[C@H]2c3cc(NC(=O)Nc4ccc(F)cc4)ccc3O[C@H]2[C@H](CO)O1. The van der Waals surface area contributed by atoms with E-state index in [2.05, 4.69) is 10.6 Å². The highest BCUT2D eigenvalue weighted by Gasteiger charge is 2.46. The number of aliphatic hydroxyl groups is 1. The number of rotatable bonds is 5. The molecule has 0 saturated carbocycles. The van der Waals surface area contributed by atoms with Crippen molar-refractivity contribution in [3.63, 3.8) is 0 Å². The van der Waals surface area contributed by atoms with Crippen LogP contribution in [0.4, 0.5) is 20.6 Å². The van der Waals surface area contributed by atoms with Crippen LogP contribution in [0, 0.1) is 5.82 Å². The van der Waals surface area contributed by atoms with Gasteiger partial charge in [-0.25, -0.2) is 9.18 Å². The summed E-state index contributed by atoms with van der Waals surface area (Å²) < 4.78 is 29.6. The number of esters is 1. The van der Waals surface area contributed by atoms with Gasteiger partial charge < -0.3 is 30.0 Å².